The molecule has 1 unspecified atom stereocenters. The summed E-state index contributed by atoms with van der Waals surface area (Å²) in [7, 11) is 0. The molecule has 0 saturated heterocycles. The highest BCUT2D eigenvalue weighted by Crippen LogP contribution is 2.18. The second-order valence-corrected chi connectivity index (χ2v) is 4.28. The molecule has 0 aliphatic carbocycles. The summed E-state index contributed by atoms with van der Waals surface area (Å²) in [6.07, 6.45) is 0. The minimum Gasteiger partial charge on any atom is -0.324 e. The maximum atomic E-state index is 11.5. The highest BCUT2D eigenvalue weighted by atomic mass is 16.1. The summed E-state index contributed by atoms with van der Waals surface area (Å²) in [4.78, 5) is 11.5. The standard InChI is InChI=1S/C14H17N3O/c1-3-17-14(18)9-8-13(16-17)12-6-4-11(5-7-12)10(2)15/h4-10H,3,15H2,1-2H3. The normalized spacial score (nSPS) is 12.4. The van der Waals surface area contributed by atoms with Gasteiger partial charge < -0.3 is 5.73 Å². The van der Waals surface area contributed by atoms with Gasteiger partial charge in [-0.3, -0.25) is 4.79 Å². The van der Waals surface area contributed by atoms with Crippen molar-refractivity contribution < 1.29 is 0 Å². The molecule has 0 bridgehead atoms. The zero-order chi connectivity index (χ0) is 13.1. The maximum absolute atomic E-state index is 11.5. The van der Waals surface area contributed by atoms with E-state index in [4.69, 9.17) is 5.73 Å². The number of nitrogens with zero attached hydrogens (tertiary/aromatic N) is 2. The van der Waals surface area contributed by atoms with E-state index in [1.807, 2.05) is 38.1 Å². The number of hydrogen-bond acceptors (Lipinski definition) is 3. The number of aryl methyl sites for hydroxylation is 1. The van der Waals surface area contributed by atoms with Crippen molar-refractivity contribution in [1.82, 2.24) is 9.78 Å². The summed E-state index contributed by atoms with van der Waals surface area (Å²) in [6.45, 7) is 4.42. The molecule has 0 radical (unpaired) electrons. The minimum atomic E-state index is -0.0755. The molecule has 2 aromatic rings. The van der Waals surface area contributed by atoms with Gasteiger partial charge in [-0.25, -0.2) is 4.68 Å². The Morgan fingerprint density at radius 1 is 1.22 bits per heavy atom. The van der Waals surface area contributed by atoms with Gasteiger partial charge in [-0.15, -0.1) is 0 Å². The predicted octanol–water partition coefficient (Wildman–Crippen LogP) is 1.95. The summed E-state index contributed by atoms with van der Waals surface area (Å²) >= 11 is 0. The molecule has 2 N–H and O–H groups in total. The van der Waals surface area contributed by atoms with Crippen LogP contribution < -0.4 is 11.3 Å². The predicted molar refractivity (Wildman–Crippen MR) is 72.2 cm³/mol. The highest BCUT2D eigenvalue weighted by Gasteiger charge is 2.04. The zero-order valence-electron chi connectivity index (χ0n) is 10.6. The molecule has 2 rings (SSSR count). The van der Waals surface area contributed by atoms with Crippen LogP contribution in [0.25, 0.3) is 11.3 Å². The lowest BCUT2D eigenvalue weighted by atomic mass is 10.1. The number of nitrogens with two attached hydrogens (primary N) is 1. The van der Waals surface area contributed by atoms with Gasteiger partial charge in [0, 0.05) is 24.2 Å². The van der Waals surface area contributed by atoms with Crippen molar-refractivity contribution in [3.05, 3.63) is 52.3 Å². The molecule has 94 valence electrons. The molecule has 1 heterocycles. The average molecular weight is 243 g/mol. The van der Waals surface area contributed by atoms with Gasteiger partial charge in [0.1, 0.15) is 0 Å². The van der Waals surface area contributed by atoms with E-state index in [9.17, 15) is 4.79 Å². The molecular weight excluding hydrogens is 226 g/mol. The van der Waals surface area contributed by atoms with Crippen LogP contribution in [0.5, 0.6) is 0 Å². The zero-order valence-corrected chi connectivity index (χ0v) is 10.6. The second kappa shape index (κ2) is 5.14. The lowest BCUT2D eigenvalue weighted by Crippen LogP contribution is -2.20. The SMILES string of the molecule is CCn1nc(-c2ccc(C(C)N)cc2)ccc1=O. The van der Waals surface area contributed by atoms with Crippen molar-refractivity contribution >= 4 is 0 Å². The molecular formula is C14H17N3O. The third kappa shape index (κ3) is 2.49. The summed E-state index contributed by atoms with van der Waals surface area (Å²) < 4.78 is 1.45. The van der Waals surface area contributed by atoms with Gasteiger partial charge in [-0.05, 0) is 25.5 Å². The van der Waals surface area contributed by atoms with E-state index in [0.29, 0.717) is 6.54 Å². The first kappa shape index (κ1) is 12.5. The lowest BCUT2D eigenvalue weighted by Gasteiger charge is -2.08. The molecule has 1 aromatic carbocycles. The van der Waals surface area contributed by atoms with E-state index in [2.05, 4.69) is 5.10 Å². The topological polar surface area (TPSA) is 60.9 Å². The van der Waals surface area contributed by atoms with Crippen LogP contribution in [0.2, 0.25) is 0 Å². The van der Waals surface area contributed by atoms with E-state index >= 15 is 0 Å². The lowest BCUT2D eigenvalue weighted by molar-refractivity contribution is 0.619. The summed E-state index contributed by atoms with van der Waals surface area (Å²) in [6, 6.07) is 11.3. The van der Waals surface area contributed by atoms with Gasteiger partial charge in [-0.1, -0.05) is 24.3 Å². The van der Waals surface area contributed by atoms with Gasteiger partial charge in [-0.2, -0.15) is 5.10 Å². The molecule has 1 atom stereocenters. The molecule has 0 amide bonds. The fourth-order valence-electron chi connectivity index (χ4n) is 1.79. The number of rotatable bonds is 3. The molecule has 0 fully saturated rings. The smallest absolute Gasteiger partial charge is 0.266 e. The average Bonchev–Trinajstić information content (AvgIpc) is 2.39. The fourth-order valence-corrected chi connectivity index (χ4v) is 1.79. The maximum Gasteiger partial charge on any atom is 0.266 e. The minimum absolute atomic E-state index is 0.0246. The molecule has 18 heavy (non-hydrogen) atoms. The Hall–Kier alpha value is -1.94. The Balaban J connectivity index is 2.39. The van der Waals surface area contributed by atoms with Gasteiger partial charge in [0.15, 0.2) is 0 Å². The molecule has 0 spiro atoms. The summed E-state index contributed by atoms with van der Waals surface area (Å²) in [5, 5.41) is 4.31. The first-order valence-electron chi connectivity index (χ1n) is 6.06. The van der Waals surface area contributed by atoms with E-state index < -0.39 is 0 Å². The van der Waals surface area contributed by atoms with Crippen molar-refractivity contribution in [3.8, 4) is 11.3 Å². The Bertz CT molecular complexity index is 585. The molecule has 1 aromatic heterocycles. The van der Waals surface area contributed by atoms with Gasteiger partial charge in [0.25, 0.3) is 5.56 Å². The van der Waals surface area contributed by atoms with Crippen molar-refractivity contribution in [2.24, 2.45) is 5.73 Å². The van der Waals surface area contributed by atoms with Crippen LogP contribution in [0.4, 0.5) is 0 Å². The van der Waals surface area contributed by atoms with Crippen LogP contribution in [-0.2, 0) is 6.54 Å². The van der Waals surface area contributed by atoms with E-state index in [1.54, 1.807) is 12.1 Å². The number of benzene rings is 1. The molecule has 4 heteroatoms. The monoisotopic (exact) mass is 243 g/mol. The van der Waals surface area contributed by atoms with Crippen molar-refractivity contribution in [2.45, 2.75) is 26.4 Å². The third-order valence-corrected chi connectivity index (χ3v) is 2.90. The van der Waals surface area contributed by atoms with Crippen molar-refractivity contribution in [3.63, 3.8) is 0 Å². The molecule has 0 saturated carbocycles. The first-order valence-corrected chi connectivity index (χ1v) is 6.06. The van der Waals surface area contributed by atoms with Crippen molar-refractivity contribution in [2.75, 3.05) is 0 Å². The number of hydrogen-bond donors (Lipinski definition) is 1. The van der Waals surface area contributed by atoms with Crippen LogP contribution in [0.3, 0.4) is 0 Å². The summed E-state index contributed by atoms with van der Waals surface area (Å²) in [5.74, 6) is 0. The second-order valence-electron chi connectivity index (χ2n) is 4.28. The van der Waals surface area contributed by atoms with Gasteiger partial charge in [0.2, 0.25) is 0 Å². The third-order valence-electron chi connectivity index (χ3n) is 2.90. The largest absolute Gasteiger partial charge is 0.324 e. The first-order chi connectivity index (χ1) is 8.61. The van der Waals surface area contributed by atoms with Crippen LogP contribution >= 0.6 is 0 Å². The van der Waals surface area contributed by atoms with Crippen LogP contribution in [-0.4, -0.2) is 9.78 Å². The van der Waals surface area contributed by atoms with E-state index in [-0.39, 0.29) is 11.6 Å². The molecule has 0 aliphatic rings. The van der Waals surface area contributed by atoms with Gasteiger partial charge >= 0.3 is 0 Å². The Labute approximate surface area is 106 Å². The summed E-state index contributed by atoms with van der Waals surface area (Å²) in [5.41, 5.74) is 8.60. The van der Waals surface area contributed by atoms with Crippen LogP contribution in [0.15, 0.2) is 41.2 Å². The Morgan fingerprint density at radius 2 is 1.89 bits per heavy atom. The quantitative estimate of drug-likeness (QED) is 0.896. The van der Waals surface area contributed by atoms with Crippen LogP contribution in [0, 0.1) is 0 Å². The van der Waals surface area contributed by atoms with Crippen molar-refractivity contribution in [1.29, 1.82) is 0 Å². The van der Waals surface area contributed by atoms with E-state index in [1.165, 1.54) is 4.68 Å². The Morgan fingerprint density at radius 3 is 2.44 bits per heavy atom. The Kier molecular flexibility index (Phi) is 3.58. The van der Waals surface area contributed by atoms with Gasteiger partial charge in [0.05, 0.1) is 5.69 Å². The molecule has 4 nitrogen and oxygen atoms in total. The number of aromatic nitrogens is 2. The highest BCUT2D eigenvalue weighted by molar-refractivity contribution is 5.58. The molecule has 0 aliphatic heterocycles. The fraction of sp³-hybridized carbons (Fsp3) is 0.286. The van der Waals surface area contributed by atoms with E-state index in [0.717, 1.165) is 16.8 Å². The van der Waals surface area contributed by atoms with Crippen LogP contribution in [0.1, 0.15) is 25.5 Å².